The molecule has 1 nitrogen and oxygen atoms in total. The highest BCUT2D eigenvalue weighted by Crippen LogP contribution is 2.38. The van der Waals surface area contributed by atoms with Gasteiger partial charge in [-0.1, -0.05) is 11.8 Å². The minimum atomic E-state index is -4.35. The molecular formula is C9H13F5OS. The van der Waals surface area contributed by atoms with Crippen molar-refractivity contribution in [2.45, 2.75) is 44.7 Å². The average Bonchev–Trinajstić information content (AvgIpc) is 1.99. The Bertz CT molecular complexity index is 239. The molecule has 7 heteroatoms. The first-order valence-electron chi connectivity index (χ1n) is 4.59. The van der Waals surface area contributed by atoms with Gasteiger partial charge in [0.15, 0.2) is 5.12 Å². The summed E-state index contributed by atoms with van der Waals surface area (Å²) < 4.78 is 63.0. The van der Waals surface area contributed by atoms with Gasteiger partial charge in [0.25, 0.3) is 0 Å². The van der Waals surface area contributed by atoms with Crippen LogP contribution in [0.2, 0.25) is 0 Å². The van der Waals surface area contributed by atoms with Crippen LogP contribution in [0.1, 0.15) is 26.7 Å². The fourth-order valence-corrected chi connectivity index (χ4v) is 1.55. The predicted octanol–water partition coefficient (Wildman–Crippen LogP) is 3.67. The summed E-state index contributed by atoms with van der Waals surface area (Å²) in [5.74, 6) is -8.57. The van der Waals surface area contributed by atoms with Crippen molar-refractivity contribution in [3.63, 3.8) is 0 Å². The number of halogens is 5. The van der Waals surface area contributed by atoms with Crippen molar-refractivity contribution in [2.75, 3.05) is 5.75 Å². The highest BCUT2D eigenvalue weighted by atomic mass is 32.2. The number of carbonyl (C=O) groups excluding carboxylic acids is 1. The Hall–Kier alpha value is -0.330. The van der Waals surface area contributed by atoms with Crippen LogP contribution >= 0.6 is 11.8 Å². The highest BCUT2D eigenvalue weighted by Gasteiger charge is 2.53. The van der Waals surface area contributed by atoms with Crippen LogP contribution in [-0.2, 0) is 4.79 Å². The van der Waals surface area contributed by atoms with Crippen LogP contribution in [0.4, 0.5) is 22.0 Å². The quantitative estimate of drug-likeness (QED) is 0.681. The van der Waals surface area contributed by atoms with Gasteiger partial charge in [-0.05, 0) is 6.42 Å². The van der Waals surface area contributed by atoms with Crippen LogP contribution in [0.25, 0.3) is 0 Å². The normalized spacial score (nSPS) is 14.9. The maximum atomic E-state index is 12.9. The van der Waals surface area contributed by atoms with Gasteiger partial charge in [0, 0.05) is 26.0 Å². The summed E-state index contributed by atoms with van der Waals surface area (Å²) in [6.07, 6.45) is -3.89. The number of carbonyl (C=O) groups is 1. The molecule has 0 aliphatic carbocycles. The zero-order valence-corrected chi connectivity index (χ0v) is 9.72. The molecule has 0 spiro atoms. The summed E-state index contributed by atoms with van der Waals surface area (Å²) in [4.78, 5) is 10.4. The molecule has 0 fully saturated rings. The lowest BCUT2D eigenvalue weighted by atomic mass is 10.1. The Balaban J connectivity index is 4.04. The smallest absolute Gasteiger partial charge is 0.288 e. The predicted molar refractivity (Wildman–Crippen MR) is 52.8 cm³/mol. The van der Waals surface area contributed by atoms with E-state index in [4.69, 9.17) is 0 Å². The molecule has 0 radical (unpaired) electrons. The first-order valence-corrected chi connectivity index (χ1v) is 5.58. The lowest BCUT2D eigenvalue weighted by Crippen LogP contribution is -2.39. The van der Waals surface area contributed by atoms with Gasteiger partial charge >= 0.3 is 11.8 Å². The lowest BCUT2D eigenvalue weighted by molar-refractivity contribution is -0.207. The Morgan fingerprint density at radius 2 is 1.81 bits per heavy atom. The highest BCUT2D eigenvalue weighted by molar-refractivity contribution is 8.13. The molecule has 0 aromatic carbocycles. The molecule has 0 bridgehead atoms. The molecule has 0 amide bonds. The molecule has 1 atom stereocenters. The van der Waals surface area contributed by atoms with Crippen molar-refractivity contribution >= 4 is 16.9 Å². The van der Waals surface area contributed by atoms with Gasteiger partial charge in [-0.3, -0.25) is 4.79 Å². The molecular weight excluding hydrogens is 251 g/mol. The third-order valence-corrected chi connectivity index (χ3v) is 2.70. The third kappa shape index (κ3) is 5.67. The largest absolute Gasteiger partial charge is 0.312 e. The standard InChI is InChI=1S/C9H13F5OS/c1-6(15)16-4-3-7(10)5-9(13,14)8(2,11)12/h7H,3-5H2,1-2H3. The van der Waals surface area contributed by atoms with E-state index in [0.717, 1.165) is 11.8 Å². The van der Waals surface area contributed by atoms with E-state index in [1.54, 1.807) is 0 Å². The van der Waals surface area contributed by atoms with Crippen LogP contribution in [0.5, 0.6) is 0 Å². The number of thioether (sulfide) groups is 1. The SMILES string of the molecule is CC(=O)SCCC(F)CC(F)(F)C(C)(F)F. The lowest BCUT2D eigenvalue weighted by Gasteiger charge is -2.24. The van der Waals surface area contributed by atoms with Crippen LogP contribution in [0, 0.1) is 0 Å². The van der Waals surface area contributed by atoms with Crippen molar-refractivity contribution in [3.05, 3.63) is 0 Å². The van der Waals surface area contributed by atoms with Crippen molar-refractivity contribution in [1.82, 2.24) is 0 Å². The second-order valence-electron chi connectivity index (χ2n) is 3.52. The molecule has 0 aliphatic heterocycles. The summed E-state index contributed by atoms with van der Waals surface area (Å²) in [5.41, 5.74) is 0. The third-order valence-electron chi connectivity index (χ3n) is 1.86. The van der Waals surface area contributed by atoms with Crippen molar-refractivity contribution < 1.29 is 26.7 Å². The van der Waals surface area contributed by atoms with E-state index >= 15 is 0 Å². The molecule has 96 valence electrons. The second-order valence-corrected chi connectivity index (χ2v) is 4.79. The van der Waals surface area contributed by atoms with E-state index in [1.807, 2.05) is 0 Å². The van der Waals surface area contributed by atoms with Gasteiger partial charge in [0.2, 0.25) is 0 Å². The van der Waals surface area contributed by atoms with Gasteiger partial charge in [-0.2, -0.15) is 8.78 Å². The van der Waals surface area contributed by atoms with E-state index in [1.165, 1.54) is 6.92 Å². The maximum absolute atomic E-state index is 12.9. The first kappa shape index (κ1) is 15.7. The monoisotopic (exact) mass is 264 g/mol. The van der Waals surface area contributed by atoms with Gasteiger partial charge in [0.1, 0.15) is 6.17 Å². The zero-order chi connectivity index (χ0) is 13.0. The Morgan fingerprint density at radius 1 is 1.31 bits per heavy atom. The molecule has 0 aliphatic rings. The van der Waals surface area contributed by atoms with Gasteiger partial charge in [-0.25, -0.2) is 13.2 Å². The van der Waals surface area contributed by atoms with E-state index in [-0.39, 0.29) is 24.2 Å². The molecule has 1 unspecified atom stereocenters. The Labute approximate surface area is 94.8 Å². The molecule has 0 saturated carbocycles. The molecule has 16 heavy (non-hydrogen) atoms. The van der Waals surface area contributed by atoms with Crippen LogP contribution in [0.3, 0.4) is 0 Å². The Morgan fingerprint density at radius 3 is 2.19 bits per heavy atom. The van der Waals surface area contributed by atoms with Gasteiger partial charge in [-0.15, -0.1) is 0 Å². The summed E-state index contributed by atoms with van der Waals surface area (Å²) in [7, 11) is 0. The molecule has 0 saturated heterocycles. The van der Waals surface area contributed by atoms with E-state index < -0.39 is 24.4 Å². The second kappa shape index (κ2) is 5.84. The number of hydrogen-bond acceptors (Lipinski definition) is 2. The average molecular weight is 264 g/mol. The fourth-order valence-electron chi connectivity index (χ4n) is 0.890. The minimum Gasteiger partial charge on any atom is -0.288 e. The van der Waals surface area contributed by atoms with E-state index in [0.29, 0.717) is 0 Å². The van der Waals surface area contributed by atoms with Crippen molar-refractivity contribution in [1.29, 1.82) is 0 Å². The summed E-state index contributed by atoms with van der Waals surface area (Å²) >= 11 is 0.782. The first-order chi connectivity index (χ1) is 7.06. The van der Waals surface area contributed by atoms with Gasteiger partial charge < -0.3 is 0 Å². The number of alkyl halides is 5. The van der Waals surface area contributed by atoms with E-state index in [2.05, 4.69) is 0 Å². The molecule has 0 rings (SSSR count). The summed E-state index contributed by atoms with van der Waals surface area (Å²) in [6, 6.07) is 0. The summed E-state index contributed by atoms with van der Waals surface area (Å²) in [6.45, 7) is 1.32. The van der Waals surface area contributed by atoms with E-state index in [9.17, 15) is 26.7 Å². The molecule has 0 aromatic rings. The van der Waals surface area contributed by atoms with Crippen molar-refractivity contribution in [2.24, 2.45) is 0 Å². The fraction of sp³-hybridized carbons (Fsp3) is 0.889. The number of rotatable bonds is 6. The van der Waals surface area contributed by atoms with Crippen molar-refractivity contribution in [3.8, 4) is 0 Å². The van der Waals surface area contributed by atoms with Crippen LogP contribution in [0.15, 0.2) is 0 Å². The minimum absolute atomic E-state index is 0.0157. The van der Waals surface area contributed by atoms with Crippen LogP contribution in [-0.4, -0.2) is 28.9 Å². The maximum Gasteiger partial charge on any atom is 0.312 e. The van der Waals surface area contributed by atoms with Crippen LogP contribution < -0.4 is 0 Å². The van der Waals surface area contributed by atoms with Gasteiger partial charge in [0.05, 0.1) is 0 Å². The molecule has 0 N–H and O–H groups in total. The topological polar surface area (TPSA) is 17.1 Å². The number of hydrogen-bond donors (Lipinski definition) is 0. The summed E-state index contributed by atoms with van der Waals surface area (Å²) in [5, 5.41) is -0.264. The Kier molecular flexibility index (Phi) is 5.72. The zero-order valence-electron chi connectivity index (χ0n) is 8.90. The molecule has 0 heterocycles. The molecule has 0 aromatic heterocycles.